The number of rotatable bonds is 4. The largest absolute Gasteiger partial charge is 0.351 e. The van der Waals surface area contributed by atoms with Gasteiger partial charge in [-0.05, 0) is 19.1 Å². The molecule has 0 aliphatic heterocycles. The number of aromatic nitrogens is 1. The number of benzene rings is 1. The molecule has 3 heteroatoms. The molecular weight excluding hydrogens is 188 g/mol. The summed E-state index contributed by atoms with van der Waals surface area (Å²) in [5, 5.41) is 1.18. The van der Waals surface area contributed by atoms with Crippen LogP contribution < -0.4 is 4.90 Å². The fourth-order valence-corrected chi connectivity index (χ4v) is 1.72. The zero-order chi connectivity index (χ0) is 10.7. The van der Waals surface area contributed by atoms with E-state index in [0.29, 0.717) is 6.54 Å². The van der Waals surface area contributed by atoms with E-state index < -0.39 is 0 Å². The Balaban J connectivity index is 2.38. The molecule has 0 bridgehead atoms. The molecule has 0 saturated heterocycles. The molecule has 0 unspecified atom stereocenters. The molecule has 0 fully saturated rings. The first-order valence-electron chi connectivity index (χ1n) is 5.11. The fraction of sp³-hybridized carbons (Fsp3) is 0.250. The number of nitrogens with one attached hydrogen (secondary N) is 1. The predicted molar refractivity (Wildman–Crippen MR) is 62.2 cm³/mol. The van der Waals surface area contributed by atoms with Crippen LogP contribution in [0.25, 0.3) is 10.9 Å². The number of anilines is 1. The molecule has 1 aromatic carbocycles. The van der Waals surface area contributed by atoms with Gasteiger partial charge in [-0.1, -0.05) is 18.2 Å². The molecule has 0 radical (unpaired) electrons. The van der Waals surface area contributed by atoms with Gasteiger partial charge in [0.15, 0.2) is 0 Å². The van der Waals surface area contributed by atoms with E-state index in [9.17, 15) is 4.79 Å². The average molecular weight is 202 g/mol. The molecule has 1 aromatic heterocycles. The number of likely N-dealkylation sites (N-methyl/N-ethyl adjacent to an activating group) is 1. The number of H-pyrrole nitrogens is 1. The second-order valence-corrected chi connectivity index (χ2v) is 3.45. The molecular formula is C12H14N2O. The van der Waals surface area contributed by atoms with Crippen LogP contribution in [0.4, 0.5) is 5.82 Å². The van der Waals surface area contributed by atoms with Gasteiger partial charge in [-0.25, -0.2) is 0 Å². The maximum absolute atomic E-state index is 10.5. The highest BCUT2D eigenvalue weighted by molar-refractivity contribution is 5.84. The number of carbonyl (C=O) groups is 1. The highest BCUT2D eigenvalue weighted by Gasteiger charge is 2.06. The van der Waals surface area contributed by atoms with Crippen molar-refractivity contribution in [2.45, 2.75) is 6.92 Å². The number of hydrogen-bond donors (Lipinski definition) is 1. The number of hydrogen-bond acceptors (Lipinski definition) is 2. The SMILES string of the molecule is CCN(CC=O)c1cc2ccccc2[nH]1. The Morgan fingerprint density at radius 1 is 1.40 bits per heavy atom. The standard InChI is InChI=1S/C12H14N2O/c1-2-14(7-8-15)12-9-10-5-3-4-6-11(10)13-12/h3-6,8-9,13H,2,7H2,1H3. The van der Waals surface area contributed by atoms with Crippen molar-refractivity contribution in [1.29, 1.82) is 0 Å². The molecule has 1 N–H and O–H groups in total. The highest BCUT2D eigenvalue weighted by Crippen LogP contribution is 2.20. The van der Waals surface area contributed by atoms with Crippen LogP contribution >= 0.6 is 0 Å². The van der Waals surface area contributed by atoms with Crippen molar-refractivity contribution in [1.82, 2.24) is 4.98 Å². The number of nitrogens with zero attached hydrogens (tertiary/aromatic N) is 1. The number of aromatic amines is 1. The van der Waals surface area contributed by atoms with Crippen molar-refractivity contribution in [2.24, 2.45) is 0 Å². The van der Waals surface area contributed by atoms with E-state index in [1.165, 1.54) is 5.39 Å². The lowest BCUT2D eigenvalue weighted by molar-refractivity contribution is -0.106. The number of fused-ring (bicyclic) bond motifs is 1. The van der Waals surface area contributed by atoms with Crippen molar-refractivity contribution < 1.29 is 4.79 Å². The van der Waals surface area contributed by atoms with Gasteiger partial charge in [-0.3, -0.25) is 0 Å². The van der Waals surface area contributed by atoms with Crippen molar-refractivity contribution in [3.63, 3.8) is 0 Å². The molecule has 1 heterocycles. The number of aldehydes is 1. The van der Waals surface area contributed by atoms with Crippen molar-refractivity contribution in [2.75, 3.05) is 18.0 Å². The summed E-state index contributed by atoms with van der Waals surface area (Å²) in [6.45, 7) is 3.30. The zero-order valence-electron chi connectivity index (χ0n) is 8.73. The van der Waals surface area contributed by atoms with Crippen molar-refractivity contribution >= 4 is 23.0 Å². The second kappa shape index (κ2) is 4.17. The normalized spacial score (nSPS) is 10.5. The molecule has 78 valence electrons. The maximum Gasteiger partial charge on any atom is 0.139 e. The van der Waals surface area contributed by atoms with Gasteiger partial charge in [0.05, 0.1) is 6.54 Å². The quantitative estimate of drug-likeness (QED) is 0.771. The predicted octanol–water partition coefficient (Wildman–Crippen LogP) is 2.19. The van der Waals surface area contributed by atoms with Gasteiger partial charge >= 0.3 is 0 Å². The summed E-state index contributed by atoms with van der Waals surface area (Å²) >= 11 is 0. The van der Waals surface area contributed by atoms with Crippen LogP contribution in [0, 0.1) is 0 Å². The van der Waals surface area contributed by atoms with E-state index >= 15 is 0 Å². The van der Waals surface area contributed by atoms with Crippen LogP contribution in [-0.4, -0.2) is 24.4 Å². The summed E-state index contributed by atoms with van der Waals surface area (Å²) in [4.78, 5) is 15.8. The summed E-state index contributed by atoms with van der Waals surface area (Å²) in [6, 6.07) is 10.2. The topological polar surface area (TPSA) is 36.1 Å². The van der Waals surface area contributed by atoms with Crippen LogP contribution in [-0.2, 0) is 4.79 Å². The summed E-state index contributed by atoms with van der Waals surface area (Å²) < 4.78 is 0. The number of carbonyl (C=O) groups excluding carboxylic acids is 1. The fourth-order valence-electron chi connectivity index (χ4n) is 1.72. The third kappa shape index (κ3) is 1.86. The third-order valence-electron chi connectivity index (χ3n) is 2.53. The van der Waals surface area contributed by atoms with Gasteiger partial charge in [0, 0.05) is 17.4 Å². The van der Waals surface area contributed by atoms with Gasteiger partial charge in [0.1, 0.15) is 12.1 Å². The summed E-state index contributed by atoms with van der Waals surface area (Å²) in [6.07, 6.45) is 0.926. The van der Waals surface area contributed by atoms with Gasteiger partial charge in [0.2, 0.25) is 0 Å². The molecule has 0 atom stereocenters. The molecule has 2 rings (SSSR count). The molecule has 0 amide bonds. The maximum atomic E-state index is 10.5. The van der Waals surface area contributed by atoms with E-state index in [2.05, 4.69) is 17.1 Å². The smallest absolute Gasteiger partial charge is 0.139 e. The van der Waals surface area contributed by atoms with Crippen molar-refractivity contribution in [3.05, 3.63) is 30.3 Å². The van der Waals surface area contributed by atoms with Gasteiger partial charge in [0.25, 0.3) is 0 Å². The summed E-state index contributed by atoms with van der Waals surface area (Å²) in [5.74, 6) is 1.01. The molecule has 0 spiro atoms. The molecule has 0 aliphatic carbocycles. The van der Waals surface area contributed by atoms with Gasteiger partial charge in [-0.2, -0.15) is 0 Å². The minimum atomic E-state index is 0.434. The van der Waals surface area contributed by atoms with E-state index in [1.807, 2.05) is 30.0 Å². The molecule has 3 nitrogen and oxygen atoms in total. The molecule has 15 heavy (non-hydrogen) atoms. The van der Waals surface area contributed by atoms with E-state index in [-0.39, 0.29) is 0 Å². The van der Waals surface area contributed by atoms with Gasteiger partial charge < -0.3 is 14.7 Å². The Morgan fingerprint density at radius 3 is 2.87 bits per heavy atom. The van der Waals surface area contributed by atoms with E-state index in [1.54, 1.807) is 0 Å². The van der Waals surface area contributed by atoms with Gasteiger partial charge in [-0.15, -0.1) is 0 Å². The monoisotopic (exact) mass is 202 g/mol. The average Bonchev–Trinajstić information content (AvgIpc) is 2.69. The molecule has 0 saturated carbocycles. The van der Waals surface area contributed by atoms with Crippen LogP contribution in [0.5, 0.6) is 0 Å². The summed E-state index contributed by atoms with van der Waals surface area (Å²) in [7, 11) is 0. The van der Waals surface area contributed by atoms with Crippen LogP contribution in [0.15, 0.2) is 30.3 Å². The first-order chi connectivity index (χ1) is 7.35. The second-order valence-electron chi connectivity index (χ2n) is 3.45. The van der Waals surface area contributed by atoms with Crippen LogP contribution in [0.2, 0.25) is 0 Å². The zero-order valence-corrected chi connectivity index (χ0v) is 8.73. The lowest BCUT2D eigenvalue weighted by atomic mass is 10.2. The Morgan fingerprint density at radius 2 is 2.20 bits per heavy atom. The molecule has 0 aliphatic rings. The van der Waals surface area contributed by atoms with Crippen molar-refractivity contribution in [3.8, 4) is 0 Å². The Bertz CT molecular complexity index is 428. The Kier molecular flexibility index (Phi) is 2.72. The first-order valence-corrected chi connectivity index (χ1v) is 5.11. The van der Waals surface area contributed by atoms with E-state index in [0.717, 1.165) is 24.2 Å². The number of para-hydroxylation sites is 1. The lowest BCUT2D eigenvalue weighted by Crippen LogP contribution is -2.24. The van der Waals surface area contributed by atoms with E-state index in [4.69, 9.17) is 0 Å². The minimum Gasteiger partial charge on any atom is -0.351 e. The minimum absolute atomic E-state index is 0.434. The lowest BCUT2D eigenvalue weighted by Gasteiger charge is -2.17. The highest BCUT2D eigenvalue weighted by atomic mass is 16.1. The van der Waals surface area contributed by atoms with Crippen LogP contribution in [0.3, 0.4) is 0 Å². The Labute approximate surface area is 88.7 Å². The Hall–Kier alpha value is -1.77. The van der Waals surface area contributed by atoms with Crippen LogP contribution in [0.1, 0.15) is 6.92 Å². The molecule has 2 aromatic rings. The first kappa shape index (κ1) is 9.77. The summed E-state index contributed by atoms with van der Waals surface area (Å²) in [5.41, 5.74) is 1.11. The third-order valence-corrected chi connectivity index (χ3v) is 2.53.